The maximum absolute atomic E-state index is 13.3. The van der Waals surface area contributed by atoms with Crippen LogP contribution in [0.25, 0.3) is 11.1 Å². The van der Waals surface area contributed by atoms with Crippen LogP contribution in [0.1, 0.15) is 12.8 Å². The number of carbonyl (C=O) groups is 1. The van der Waals surface area contributed by atoms with Gasteiger partial charge in [0.25, 0.3) is 0 Å². The molecule has 164 valence electrons. The summed E-state index contributed by atoms with van der Waals surface area (Å²) in [6, 6.07) is 8.20. The van der Waals surface area contributed by atoms with Crippen LogP contribution in [0.15, 0.2) is 50.5 Å². The Morgan fingerprint density at radius 3 is 2.58 bits per heavy atom. The van der Waals surface area contributed by atoms with E-state index in [1.807, 2.05) is 0 Å². The molecule has 11 heteroatoms. The standard InChI is InChI=1S/C20H19ClFN3O5S/c1-24-17-5-3-14(11-18(17)30-20(24)27)31(28,29)25-8-6-12(7-9-25)19(26)23-13-2-4-16(22)15(21)10-13/h2-5,10-12H,6-9H2,1H3,(H,23,26). The second-order valence-corrected chi connectivity index (χ2v) is 9.70. The molecule has 0 radical (unpaired) electrons. The number of aryl methyl sites for hydroxylation is 1. The van der Waals surface area contributed by atoms with E-state index in [0.717, 1.165) is 0 Å². The molecule has 0 bridgehead atoms. The first-order chi connectivity index (χ1) is 14.7. The highest BCUT2D eigenvalue weighted by Gasteiger charge is 2.32. The van der Waals surface area contributed by atoms with Gasteiger partial charge in [0.15, 0.2) is 5.58 Å². The zero-order valence-corrected chi connectivity index (χ0v) is 18.0. The molecule has 1 aliphatic heterocycles. The number of hydrogen-bond acceptors (Lipinski definition) is 5. The Balaban J connectivity index is 1.44. The number of benzene rings is 2. The first kappa shape index (κ1) is 21.5. The maximum atomic E-state index is 13.3. The second kappa shape index (κ2) is 8.10. The lowest BCUT2D eigenvalue weighted by molar-refractivity contribution is -0.120. The van der Waals surface area contributed by atoms with E-state index in [9.17, 15) is 22.4 Å². The fourth-order valence-corrected chi connectivity index (χ4v) is 5.27. The molecule has 1 amide bonds. The third-order valence-electron chi connectivity index (χ3n) is 5.41. The number of nitrogens with one attached hydrogen (secondary N) is 1. The first-order valence-electron chi connectivity index (χ1n) is 9.52. The molecule has 0 saturated carbocycles. The minimum absolute atomic E-state index is 0.0261. The molecule has 1 aliphatic rings. The topological polar surface area (TPSA) is 102 Å². The van der Waals surface area contributed by atoms with E-state index in [2.05, 4.69) is 5.32 Å². The van der Waals surface area contributed by atoms with Gasteiger partial charge in [-0.3, -0.25) is 9.36 Å². The van der Waals surface area contributed by atoms with Gasteiger partial charge in [0.05, 0.1) is 15.4 Å². The van der Waals surface area contributed by atoms with Gasteiger partial charge >= 0.3 is 5.76 Å². The van der Waals surface area contributed by atoms with Crippen LogP contribution in [0, 0.1) is 11.7 Å². The van der Waals surface area contributed by atoms with Crippen molar-refractivity contribution in [3.05, 3.63) is 57.8 Å². The van der Waals surface area contributed by atoms with E-state index in [-0.39, 0.29) is 40.4 Å². The number of piperidine rings is 1. The van der Waals surface area contributed by atoms with Crippen molar-refractivity contribution in [3.8, 4) is 0 Å². The summed E-state index contributed by atoms with van der Waals surface area (Å²) in [6.07, 6.45) is 0.672. The van der Waals surface area contributed by atoms with Gasteiger partial charge in [-0.15, -0.1) is 0 Å². The molecular formula is C20H19ClFN3O5S. The van der Waals surface area contributed by atoms with Gasteiger partial charge in [-0.2, -0.15) is 4.31 Å². The quantitative estimate of drug-likeness (QED) is 0.635. The number of anilines is 1. The Labute approximate surface area is 182 Å². The molecule has 0 spiro atoms. The van der Waals surface area contributed by atoms with E-state index in [0.29, 0.717) is 24.0 Å². The lowest BCUT2D eigenvalue weighted by atomic mass is 9.97. The molecule has 4 rings (SSSR count). The van der Waals surface area contributed by atoms with Crippen molar-refractivity contribution in [2.24, 2.45) is 13.0 Å². The summed E-state index contributed by atoms with van der Waals surface area (Å²) in [4.78, 5) is 24.2. The lowest BCUT2D eigenvalue weighted by Gasteiger charge is -2.30. The van der Waals surface area contributed by atoms with Crippen molar-refractivity contribution < 1.29 is 22.0 Å². The molecule has 1 aromatic heterocycles. The molecule has 0 aliphatic carbocycles. The minimum atomic E-state index is -3.80. The molecule has 0 unspecified atom stereocenters. The molecule has 1 saturated heterocycles. The van der Waals surface area contributed by atoms with Crippen molar-refractivity contribution in [3.63, 3.8) is 0 Å². The summed E-state index contributed by atoms with van der Waals surface area (Å²) in [5.74, 6) is -1.80. The molecule has 2 heterocycles. The van der Waals surface area contributed by atoms with E-state index >= 15 is 0 Å². The zero-order chi connectivity index (χ0) is 22.3. The van der Waals surface area contributed by atoms with Gasteiger partial charge in [0.1, 0.15) is 5.82 Å². The van der Waals surface area contributed by atoms with E-state index in [1.165, 1.54) is 52.3 Å². The first-order valence-corrected chi connectivity index (χ1v) is 11.3. The molecular weight excluding hydrogens is 449 g/mol. The van der Waals surface area contributed by atoms with Crippen molar-refractivity contribution in [1.29, 1.82) is 0 Å². The van der Waals surface area contributed by atoms with Crippen LogP contribution in [-0.4, -0.2) is 36.3 Å². The van der Waals surface area contributed by atoms with Crippen LogP contribution >= 0.6 is 11.6 Å². The molecule has 2 aromatic carbocycles. The number of amides is 1. The highest BCUT2D eigenvalue weighted by Crippen LogP contribution is 2.27. The molecule has 8 nitrogen and oxygen atoms in total. The molecule has 1 N–H and O–H groups in total. The van der Waals surface area contributed by atoms with Crippen molar-refractivity contribution in [2.75, 3.05) is 18.4 Å². The summed E-state index contributed by atoms with van der Waals surface area (Å²) >= 11 is 5.73. The maximum Gasteiger partial charge on any atom is 0.419 e. The Kier molecular flexibility index (Phi) is 5.63. The van der Waals surface area contributed by atoms with Gasteiger partial charge in [-0.1, -0.05) is 11.6 Å². The number of carbonyl (C=O) groups excluding carboxylic acids is 1. The number of aromatic nitrogens is 1. The fraction of sp³-hybridized carbons (Fsp3) is 0.300. The largest absolute Gasteiger partial charge is 0.419 e. The van der Waals surface area contributed by atoms with Crippen molar-refractivity contribution in [2.45, 2.75) is 17.7 Å². The number of fused-ring (bicyclic) bond motifs is 1. The molecule has 31 heavy (non-hydrogen) atoms. The Hall–Kier alpha value is -2.69. The number of oxazole rings is 1. The monoisotopic (exact) mass is 467 g/mol. The SMILES string of the molecule is Cn1c(=O)oc2cc(S(=O)(=O)N3CCC(C(=O)Nc4ccc(F)c(Cl)c4)CC3)ccc21. The van der Waals surface area contributed by atoms with Crippen LogP contribution in [0.4, 0.5) is 10.1 Å². The zero-order valence-electron chi connectivity index (χ0n) is 16.5. The summed E-state index contributed by atoms with van der Waals surface area (Å²) < 4.78 is 47.0. The summed E-state index contributed by atoms with van der Waals surface area (Å²) in [6.45, 7) is 0.336. The Bertz CT molecular complexity index is 1330. The average molecular weight is 468 g/mol. The van der Waals surface area contributed by atoms with Crippen LogP contribution in [-0.2, 0) is 21.9 Å². The average Bonchev–Trinajstić information content (AvgIpc) is 3.04. The van der Waals surface area contributed by atoms with Crippen LogP contribution in [0.5, 0.6) is 0 Å². The lowest BCUT2D eigenvalue weighted by Crippen LogP contribution is -2.41. The van der Waals surface area contributed by atoms with Crippen molar-refractivity contribution >= 4 is 44.3 Å². The number of hydrogen-bond donors (Lipinski definition) is 1. The van der Waals surface area contributed by atoms with Crippen molar-refractivity contribution in [1.82, 2.24) is 8.87 Å². The van der Waals surface area contributed by atoms with Gasteiger partial charge in [0.2, 0.25) is 15.9 Å². The van der Waals surface area contributed by atoms with Crippen LogP contribution in [0.3, 0.4) is 0 Å². The second-order valence-electron chi connectivity index (χ2n) is 7.35. The highest BCUT2D eigenvalue weighted by molar-refractivity contribution is 7.89. The normalized spacial score (nSPS) is 16.0. The summed E-state index contributed by atoms with van der Waals surface area (Å²) in [5.41, 5.74) is 1.07. The Morgan fingerprint density at radius 2 is 1.90 bits per heavy atom. The van der Waals surface area contributed by atoms with Gasteiger partial charge < -0.3 is 9.73 Å². The highest BCUT2D eigenvalue weighted by atomic mass is 35.5. The number of sulfonamides is 1. The third kappa shape index (κ3) is 4.10. The molecule has 3 aromatic rings. The Morgan fingerprint density at radius 1 is 1.19 bits per heavy atom. The summed E-state index contributed by atoms with van der Waals surface area (Å²) in [7, 11) is -2.26. The van der Waals surface area contributed by atoms with E-state index in [1.54, 1.807) is 0 Å². The number of nitrogens with zero attached hydrogens (tertiary/aromatic N) is 2. The van der Waals surface area contributed by atoms with Crippen LogP contribution < -0.4 is 11.1 Å². The van der Waals surface area contributed by atoms with E-state index < -0.39 is 21.6 Å². The third-order valence-corrected chi connectivity index (χ3v) is 7.60. The van der Waals surface area contributed by atoms with Gasteiger partial charge in [-0.05, 0) is 43.2 Å². The number of halogens is 2. The smallest absolute Gasteiger partial charge is 0.408 e. The van der Waals surface area contributed by atoms with Crippen LogP contribution in [0.2, 0.25) is 5.02 Å². The van der Waals surface area contributed by atoms with Gasteiger partial charge in [0, 0.05) is 37.8 Å². The summed E-state index contributed by atoms with van der Waals surface area (Å²) in [5, 5.41) is 2.60. The molecule has 1 fully saturated rings. The predicted molar refractivity (Wildman–Crippen MR) is 113 cm³/mol. The molecule has 0 atom stereocenters. The number of rotatable bonds is 4. The fourth-order valence-electron chi connectivity index (χ4n) is 3.60. The minimum Gasteiger partial charge on any atom is -0.408 e. The predicted octanol–water partition coefficient (Wildman–Crippen LogP) is 2.96. The van der Waals surface area contributed by atoms with E-state index in [4.69, 9.17) is 16.0 Å². The van der Waals surface area contributed by atoms with Gasteiger partial charge in [-0.25, -0.2) is 17.6 Å².